The SMILES string of the molecule is CC(C)(C)OC(=O)N1CC2(CC2)CC1C1=NC=C(c2ccc3c(c2)C(F)(F)c2cc(-c4ccc5c(c4)CC([C@H]4N[C@@H]6CC[C@H]4C6)=N5)ccc2-3)C1. The molecule has 2 saturated carbocycles. The van der Waals surface area contributed by atoms with Crippen molar-refractivity contribution in [2.75, 3.05) is 6.54 Å². The second kappa shape index (κ2) is 10.4. The lowest BCUT2D eigenvalue weighted by molar-refractivity contribution is 0.0257. The van der Waals surface area contributed by atoms with Crippen molar-refractivity contribution < 1.29 is 18.3 Å². The number of amides is 1. The fourth-order valence-corrected chi connectivity index (χ4v) is 9.65. The van der Waals surface area contributed by atoms with E-state index < -0.39 is 11.5 Å². The molecule has 4 heterocycles. The first kappa shape index (κ1) is 30.6. The van der Waals surface area contributed by atoms with Crippen LogP contribution >= 0.6 is 0 Å². The van der Waals surface area contributed by atoms with Crippen LogP contribution < -0.4 is 5.32 Å². The molecule has 3 aromatic rings. The van der Waals surface area contributed by atoms with Crippen LogP contribution in [0.3, 0.4) is 0 Å². The first-order chi connectivity index (χ1) is 23.9. The number of aliphatic imine (C=N–C) groups is 2. The molecule has 8 heteroatoms. The van der Waals surface area contributed by atoms with E-state index in [0.717, 1.165) is 59.3 Å². The molecule has 1 spiro atoms. The van der Waals surface area contributed by atoms with E-state index in [2.05, 4.69) is 11.4 Å². The Morgan fingerprint density at radius 2 is 1.64 bits per heavy atom. The fourth-order valence-electron chi connectivity index (χ4n) is 9.65. The molecular weight excluding hydrogens is 630 g/mol. The third-order valence-corrected chi connectivity index (χ3v) is 12.4. The molecule has 3 aromatic carbocycles. The summed E-state index contributed by atoms with van der Waals surface area (Å²) in [7, 11) is 0. The number of likely N-dealkylation sites (tertiary alicyclic amines) is 1. The minimum absolute atomic E-state index is 0.0371. The second-order valence-corrected chi connectivity index (χ2v) is 16.9. The summed E-state index contributed by atoms with van der Waals surface area (Å²) in [6, 6.07) is 18.0. The average molecular weight is 673 g/mol. The summed E-state index contributed by atoms with van der Waals surface area (Å²) in [5.74, 6) is -2.44. The van der Waals surface area contributed by atoms with Crippen LogP contribution in [0.1, 0.15) is 88.0 Å². The summed E-state index contributed by atoms with van der Waals surface area (Å²) < 4.78 is 38.5. The van der Waals surface area contributed by atoms with Crippen LogP contribution in [0.4, 0.5) is 19.3 Å². The molecule has 6 nitrogen and oxygen atoms in total. The van der Waals surface area contributed by atoms with Gasteiger partial charge in [0.1, 0.15) is 5.60 Å². The number of halogens is 2. The Balaban J connectivity index is 0.872. The molecule has 0 aromatic heterocycles. The van der Waals surface area contributed by atoms with E-state index in [9.17, 15) is 4.79 Å². The van der Waals surface area contributed by atoms with Crippen LogP contribution in [0.15, 0.2) is 70.8 Å². The number of hydrogen-bond donors (Lipinski definition) is 1. The summed E-state index contributed by atoms with van der Waals surface area (Å²) in [6.07, 6.45) is 9.74. The summed E-state index contributed by atoms with van der Waals surface area (Å²) in [6.45, 7) is 6.33. The molecular formula is C42H42F2N4O2. The van der Waals surface area contributed by atoms with Gasteiger partial charge in [-0.25, -0.2) is 4.79 Å². The third-order valence-electron chi connectivity index (χ3n) is 12.4. The Hall–Kier alpha value is -4.17. The summed E-state index contributed by atoms with van der Waals surface area (Å²) in [5, 5.41) is 3.77. The van der Waals surface area contributed by atoms with Crippen LogP contribution in [0.2, 0.25) is 0 Å². The maximum Gasteiger partial charge on any atom is 0.410 e. The number of nitrogens with zero attached hydrogens (tertiary/aromatic N) is 3. The molecule has 50 heavy (non-hydrogen) atoms. The predicted molar refractivity (Wildman–Crippen MR) is 192 cm³/mol. The normalized spacial score (nSPS) is 27.6. The first-order valence-electron chi connectivity index (χ1n) is 18.3. The molecule has 4 aliphatic heterocycles. The Morgan fingerprint density at radius 1 is 0.920 bits per heavy atom. The van der Waals surface area contributed by atoms with Gasteiger partial charge in [-0.15, -0.1) is 0 Å². The zero-order valence-electron chi connectivity index (χ0n) is 28.9. The van der Waals surface area contributed by atoms with Gasteiger partial charge in [0.25, 0.3) is 5.92 Å². The lowest BCUT2D eigenvalue weighted by Crippen LogP contribution is -2.43. The van der Waals surface area contributed by atoms with Gasteiger partial charge in [-0.1, -0.05) is 30.3 Å². The van der Waals surface area contributed by atoms with Gasteiger partial charge in [0.2, 0.25) is 0 Å². The molecule has 1 N–H and O–H groups in total. The number of alkyl halides is 2. The second-order valence-electron chi connectivity index (χ2n) is 16.9. The number of nitrogens with one attached hydrogen (secondary N) is 1. The highest BCUT2D eigenvalue weighted by molar-refractivity contribution is 6.03. The van der Waals surface area contributed by atoms with Crippen molar-refractivity contribution in [3.63, 3.8) is 0 Å². The van der Waals surface area contributed by atoms with Gasteiger partial charge in [0.15, 0.2) is 0 Å². The van der Waals surface area contributed by atoms with Gasteiger partial charge in [0, 0.05) is 60.2 Å². The number of ether oxygens (including phenoxy) is 1. The van der Waals surface area contributed by atoms with E-state index in [1.54, 1.807) is 18.3 Å². The molecule has 4 fully saturated rings. The zero-order chi connectivity index (χ0) is 34.2. The molecule has 0 radical (unpaired) electrons. The minimum atomic E-state index is -3.13. The van der Waals surface area contributed by atoms with Gasteiger partial charge in [0.05, 0.1) is 11.7 Å². The molecule has 256 valence electrons. The predicted octanol–water partition coefficient (Wildman–Crippen LogP) is 9.22. The number of carbonyl (C=O) groups is 1. The standard InChI is InChI=1S/C42H42F2N4O2/c1-40(2,3)50-39(49)48-22-41(12-13-41)20-37(48)35-19-28(21-45-35)25-6-10-31-30-9-5-24(16-32(30)42(43,44)33(31)17-25)23-7-11-34-27(14-23)18-36(47-34)38-26-4-8-29(15-26)46-38/h5-7,9-11,14,16-17,21,26,29,37-38,46H,4,8,12-13,15,18-20,22H2,1-3H3/t26-,29+,37?,38-/m0/s1. The van der Waals surface area contributed by atoms with Gasteiger partial charge >= 0.3 is 6.09 Å². The third kappa shape index (κ3) is 4.84. The number of piperidine rings is 1. The lowest BCUT2D eigenvalue weighted by Gasteiger charge is -2.28. The zero-order valence-corrected chi connectivity index (χ0v) is 28.9. The molecule has 2 bridgehead atoms. The van der Waals surface area contributed by atoms with Crippen LogP contribution in [0.25, 0.3) is 27.8 Å². The van der Waals surface area contributed by atoms with Crippen molar-refractivity contribution in [2.24, 2.45) is 21.3 Å². The van der Waals surface area contributed by atoms with E-state index in [1.807, 2.05) is 62.1 Å². The average Bonchev–Trinajstić information content (AvgIpc) is 3.74. The quantitative estimate of drug-likeness (QED) is 0.301. The van der Waals surface area contributed by atoms with Crippen molar-refractivity contribution in [3.8, 4) is 22.3 Å². The number of allylic oxidation sites excluding steroid dienone is 1. The van der Waals surface area contributed by atoms with E-state index in [-0.39, 0.29) is 28.7 Å². The summed E-state index contributed by atoms with van der Waals surface area (Å²) >= 11 is 0. The van der Waals surface area contributed by atoms with Crippen LogP contribution in [-0.2, 0) is 17.1 Å². The summed E-state index contributed by atoms with van der Waals surface area (Å²) in [5.41, 5.74) is 8.53. The molecule has 10 rings (SSSR count). The van der Waals surface area contributed by atoms with Crippen molar-refractivity contribution in [2.45, 2.75) is 102 Å². The number of hydrogen-bond acceptors (Lipinski definition) is 5. The molecule has 7 aliphatic rings. The lowest BCUT2D eigenvalue weighted by atomic mass is 9.92. The monoisotopic (exact) mass is 672 g/mol. The van der Waals surface area contributed by atoms with Crippen molar-refractivity contribution in [1.29, 1.82) is 0 Å². The van der Waals surface area contributed by atoms with Crippen molar-refractivity contribution >= 4 is 28.8 Å². The number of carbonyl (C=O) groups excluding carboxylic acids is 1. The Labute approximate surface area is 291 Å². The maximum atomic E-state index is 16.4. The van der Waals surface area contributed by atoms with Crippen LogP contribution in [-0.4, -0.2) is 52.7 Å². The number of benzene rings is 3. The van der Waals surface area contributed by atoms with E-state index in [4.69, 9.17) is 14.7 Å². The fraction of sp³-hybridized carbons (Fsp3) is 0.452. The Kier molecular flexibility index (Phi) is 6.40. The molecule has 1 unspecified atom stereocenters. The highest BCUT2D eigenvalue weighted by Gasteiger charge is 2.55. The van der Waals surface area contributed by atoms with E-state index in [0.29, 0.717) is 42.1 Å². The summed E-state index contributed by atoms with van der Waals surface area (Å²) in [4.78, 5) is 24.8. The van der Waals surface area contributed by atoms with Crippen LogP contribution in [0.5, 0.6) is 0 Å². The largest absolute Gasteiger partial charge is 0.444 e. The highest BCUT2D eigenvalue weighted by atomic mass is 19.3. The van der Waals surface area contributed by atoms with Crippen molar-refractivity contribution in [1.82, 2.24) is 10.2 Å². The highest BCUT2D eigenvalue weighted by Crippen LogP contribution is 2.56. The van der Waals surface area contributed by atoms with Gasteiger partial charge in [-0.2, -0.15) is 8.78 Å². The Bertz CT molecular complexity index is 2090. The topological polar surface area (TPSA) is 66.3 Å². The minimum Gasteiger partial charge on any atom is -0.444 e. The van der Waals surface area contributed by atoms with Crippen molar-refractivity contribution in [3.05, 3.63) is 83.1 Å². The number of rotatable bonds is 4. The maximum absolute atomic E-state index is 16.4. The molecule has 1 amide bonds. The molecule has 4 atom stereocenters. The smallest absolute Gasteiger partial charge is 0.410 e. The van der Waals surface area contributed by atoms with E-state index >= 15 is 8.78 Å². The van der Waals surface area contributed by atoms with Gasteiger partial charge in [-0.3, -0.25) is 14.9 Å². The number of fused-ring (bicyclic) bond motifs is 6. The Morgan fingerprint density at radius 3 is 2.34 bits per heavy atom. The van der Waals surface area contributed by atoms with E-state index in [1.165, 1.54) is 30.5 Å². The molecule has 3 aliphatic carbocycles. The van der Waals surface area contributed by atoms with Crippen LogP contribution in [0, 0.1) is 11.3 Å². The molecule has 2 saturated heterocycles. The van der Waals surface area contributed by atoms with Gasteiger partial charge < -0.3 is 10.1 Å². The van der Waals surface area contributed by atoms with Gasteiger partial charge in [-0.05, 0) is 134 Å². The first-order valence-corrected chi connectivity index (χ1v) is 18.3.